The van der Waals surface area contributed by atoms with Crippen molar-refractivity contribution in [2.75, 3.05) is 31.6 Å². The normalized spacial score (nSPS) is 19.1. The molecule has 0 spiro atoms. The first kappa shape index (κ1) is 18.7. The number of fused-ring (bicyclic) bond motifs is 4. The number of thiophene rings is 1. The van der Waals surface area contributed by atoms with Crippen molar-refractivity contribution < 1.29 is 9.64 Å². The van der Waals surface area contributed by atoms with Gasteiger partial charge in [-0.05, 0) is 73.8 Å². The number of morpholine rings is 1. The maximum absolute atomic E-state index is 5.53. The predicted octanol–water partition coefficient (Wildman–Crippen LogP) is 3.22. The molecule has 1 saturated heterocycles. The number of hydrogen-bond acceptors (Lipinski definition) is 5. The Balaban J connectivity index is 1.40. The van der Waals surface area contributed by atoms with Gasteiger partial charge in [0.2, 0.25) is 0 Å². The van der Waals surface area contributed by atoms with Crippen LogP contribution in [0.4, 0.5) is 11.5 Å². The molecule has 3 aliphatic rings. The second-order valence-corrected chi connectivity index (χ2v) is 9.96. The van der Waals surface area contributed by atoms with E-state index in [2.05, 4.69) is 23.5 Å². The highest BCUT2D eigenvalue weighted by Gasteiger charge is 2.23. The fraction of sp³-hybridized carbons (Fsp3) is 0.500. The lowest BCUT2D eigenvalue weighted by molar-refractivity contribution is -0.922. The summed E-state index contributed by atoms with van der Waals surface area (Å²) < 4.78 is 5.53. The molecule has 1 aromatic carbocycles. The molecule has 2 aromatic heterocycles. The van der Waals surface area contributed by atoms with Gasteiger partial charge < -0.3 is 15.0 Å². The van der Waals surface area contributed by atoms with E-state index in [9.17, 15) is 0 Å². The fourth-order valence-corrected chi connectivity index (χ4v) is 6.50. The van der Waals surface area contributed by atoms with Crippen LogP contribution in [0.25, 0.3) is 10.2 Å². The molecule has 2 N–H and O–H groups in total. The number of benzene rings is 1. The standard InChI is InChI=1S/C24H28N4OS/c1-2-7-20-19(6-1)22-23(25-18-9-8-16-4-3-5-17(16)14-18)26-21(27-24(22)30-20)15-28-10-12-29-13-11-28/h8-9,14H,1-7,10-13,15H2,(H,25,26,27)/p+1. The van der Waals surface area contributed by atoms with Gasteiger partial charge in [-0.15, -0.1) is 11.3 Å². The first-order chi connectivity index (χ1) is 14.8. The minimum atomic E-state index is 0.838. The summed E-state index contributed by atoms with van der Waals surface area (Å²) in [6.07, 6.45) is 8.62. The van der Waals surface area contributed by atoms with Gasteiger partial charge >= 0.3 is 0 Å². The number of ether oxygens (including phenoxy) is 1. The van der Waals surface area contributed by atoms with Crippen LogP contribution in [0.5, 0.6) is 0 Å². The molecule has 0 bridgehead atoms. The molecule has 6 heteroatoms. The zero-order chi connectivity index (χ0) is 19.9. The Morgan fingerprint density at radius 3 is 2.77 bits per heavy atom. The van der Waals surface area contributed by atoms with Gasteiger partial charge in [0.1, 0.15) is 30.3 Å². The maximum atomic E-state index is 5.53. The van der Waals surface area contributed by atoms with Gasteiger partial charge in [-0.2, -0.15) is 0 Å². The van der Waals surface area contributed by atoms with E-state index < -0.39 is 0 Å². The SMILES string of the molecule is c1cc2c(cc1Nc1nc(C[NH+]3CCOCC3)nc3sc4c(c13)CCCC4)CCC2. The number of aromatic nitrogens is 2. The highest BCUT2D eigenvalue weighted by atomic mass is 32.1. The fourth-order valence-electron chi connectivity index (χ4n) is 5.22. The van der Waals surface area contributed by atoms with Crippen molar-refractivity contribution >= 4 is 33.1 Å². The van der Waals surface area contributed by atoms with Crippen molar-refractivity contribution in [1.82, 2.24) is 9.97 Å². The molecular weight excluding hydrogens is 392 g/mol. The Morgan fingerprint density at radius 2 is 1.83 bits per heavy atom. The number of anilines is 2. The van der Waals surface area contributed by atoms with Crippen molar-refractivity contribution in [3.05, 3.63) is 45.6 Å². The van der Waals surface area contributed by atoms with Gasteiger partial charge in [0, 0.05) is 10.6 Å². The van der Waals surface area contributed by atoms with E-state index in [1.54, 1.807) is 0 Å². The lowest BCUT2D eigenvalue weighted by atomic mass is 9.97. The molecule has 2 aliphatic carbocycles. The monoisotopic (exact) mass is 421 g/mol. The van der Waals surface area contributed by atoms with E-state index in [1.165, 1.54) is 75.2 Å². The van der Waals surface area contributed by atoms with Crippen LogP contribution in [0.3, 0.4) is 0 Å². The number of aryl methyl sites for hydroxylation is 4. The zero-order valence-electron chi connectivity index (χ0n) is 17.4. The summed E-state index contributed by atoms with van der Waals surface area (Å²) in [5.74, 6) is 1.97. The van der Waals surface area contributed by atoms with E-state index in [-0.39, 0.29) is 0 Å². The molecule has 0 atom stereocenters. The van der Waals surface area contributed by atoms with E-state index in [4.69, 9.17) is 14.7 Å². The maximum Gasteiger partial charge on any atom is 0.187 e. The lowest BCUT2D eigenvalue weighted by Crippen LogP contribution is -3.12. The lowest BCUT2D eigenvalue weighted by Gasteiger charge is -2.23. The molecule has 0 amide bonds. The van der Waals surface area contributed by atoms with Crippen molar-refractivity contribution in [2.45, 2.75) is 51.5 Å². The van der Waals surface area contributed by atoms with E-state index in [1.807, 2.05) is 11.3 Å². The average Bonchev–Trinajstić information content (AvgIpc) is 3.38. The Bertz CT molecular complexity index is 1090. The third-order valence-electron chi connectivity index (χ3n) is 6.83. The summed E-state index contributed by atoms with van der Waals surface area (Å²) in [7, 11) is 0. The van der Waals surface area contributed by atoms with Gasteiger partial charge in [0.05, 0.1) is 18.6 Å². The topological polar surface area (TPSA) is 51.5 Å². The molecule has 3 heterocycles. The second-order valence-electron chi connectivity index (χ2n) is 8.88. The largest absolute Gasteiger partial charge is 0.370 e. The summed E-state index contributed by atoms with van der Waals surface area (Å²) >= 11 is 1.90. The van der Waals surface area contributed by atoms with Gasteiger partial charge in [-0.25, -0.2) is 9.97 Å². The number of nitrogens with zero attached hydrogens (tertiary/aromatic N) is 2. The van der Waals surface area contributed by atoms with Crippen molar-refractivity contribution in [1.29, 1.82) is 0 Å². The molecule has 1 fully saturated rings. The van der Waals surface area contributed by atoms with Crippen LogP contribution in [0.2, 0.25) is 0 Å². The molecule has 3 aromatic rings. The zero-order valence-corrected chi connectivity index (χ0v) is 18.2. The third kappa shape index (κ3) is 3.51. The molecule has 6 rings (SSSR count). The molecule has 0 unspecified atom stereocenters. The highest BCUT2D eigenvalue weighted by Crippen LogP contribution is 2.39. The van der Waals surface area contributed by atoms with Crippen molar-refractivity contribution in [2.24, 2.45) is 0 Å². The number of nitrogens with one attached hydrogen (secondary N) is 2. The van der Waals surface area contributed by atoms with Crippen LogP contribution in [-0.2, 0) is 37.0 Å². The summed E-state index contributed by atoms with van der Waals surface area (Å²) in [6.45, 7) is 4.63. The Morgan fingerprint density at radius 1 is 0.967 bits per heavy atom. The first-order valence-corrected chi connectivity index (χ1v) is 12.3. The molecule has 5 nitrogen and oxygen atoms in total. The molecule has 0 saturated carbocycles. The number of hydrogen-bond donors (Lipinski definition) is 2. The summed E-state index contributed by atoms with van der Waals surface area (Å²) in [5, 5.41) is 4.99. The van der Waals surface area contributed by atoms with Gasteiger partial charge in [0.15, 0.2) is 5.82 Å². The van der Waals surface area contributed by atoms with Gasteiger partial charge in [-0.1, -0.05) is 6.07 Å². The quantitative estimate of drug-likeness (QED) is 0.679. The van der Waals surface area contributed by atoms with Crippen molar-refractivity contribution in [3.63, 3.8) is 0 Å². The summed E-state index contributed by atoms with van der Waals surface area (Å²) in [5.41, 5.74) is 5.67. The number of quaternary nitrogens is 1. The van der Waals surface area contributed by atoms with E-state index in [0.29, 0.717) is 0 Å². The minimum Gasteiger partial charge on any atom is -0.370 e. The molecule has 1 aliphatic heterocycles. The highest BCUT2D eigenvalue weighted by molar-refractivity contribution is 7.19. The van der Waals surface area contributed by atoms with Crippen LogP contribution in [0.15, 0.2) is 18.2 Å². The van der Waals surface area contributed by atoms with Crippen LogP contribution in [0, 0.1) is 0 Å². The smallest absolute Gasteiger partial charge is 0.187 e. The Hall–Kier alpha value is -2.02. The summed E-state index contributed by atoms with van der Waals surface area (Å²) in [6, 6.07) is 6.86. The number of rotatable bonds is 4. The molecule has 0 radical (unpaired) electrons. The molecular formula is C24H29N4OS+. The van der Waals surface area contributed by atoms with Crippen LogP contribution in [0.1, 0.15) is 46.7 Å². The van der Waals surface area contributed by atoms with E-state index in [0.717, 1.165) is 56.6 Å². The minimum absolute atomic E-state index is 0.838. The average molecular weight is 422 g/mol. The van der Waals surface area contributed by atoms with Crippen LogP contribution >= 0.6 is 11.3 Å². The van der Waals surface area contributed by atoms with Gasteiger partial charge in [-0.3, -0.25) is 0 Å². The molecule has 156 valence electrons. The summed E-state index contributed by atoms with van der Waals surface area (Å²) in [4.78, 5) is 14.3. The molecule has 30 heavy (non-hydrogen) atoms. The van der Waals surface area contributed by atoms with Gasteiger partial charge in [0.25, 0.3) is 0 Å². The first-order valence-electron chi connectivity index (χ1n) is 11.4. The Kier molecular flexibility index (Phi) is 4.94. The van der Waals surface area contributed by atoms with Crippen molar-refractivity contribution in [3.8, 4) is 0 Å². The third-order valence-corrected chi connectivity index (χ3v) is 8.02. The predicted molar refractivity (Wildman–Crippen MR) is 121 cm³/mol. The Labute approximate surface area is 181 Å². The second kappa shape index (κ2) is 7.91. The van der Waals surface area contributed by atoms with Crippen LogP contribution < -0.4 is 10.2 Å². The van der Waals surface area contributed by atoms with Crippen LogP contribution in [-0.4, -0.2) is 36.3 Å². The van der Waals surface area contributed by atoms with E-state index >= 15 is 0 Å².